The highest BCUT2D eigenvalue weighted by Crippen LogP contribution is 2.20. The van der Waals surface area contributed by atoms with Crippen LogP contribution in [0.5, 0.6) is 0 Å². The maximum absolute atomic E-state index is 12.9. The predicted molar refractivity (Wildman–Crippen MR) is 133 cm³/mol. The van der Waals surface area contributed by atoms with E-state index in [-0.39, 0.29) is 5.91 Å². The number of carbonyl (C=O) groups is 1. The first-order valence-corrected chi connectivity index (χ1v) is 12.4. The summed E-state index contributed by atoms with van der Waals surface area (Å²) < 4.78 is 2.05. The Morgan fingerprint density at radius 1 is 1.03 bits per heavy atom. The highest BCUT2D eigenvalue weighted by molar-refractivity contribution is 7.99. The van der Waals surface area contributed by atoms with Crippen LogP contribution in [-0.4, -0.2) is 62.4 Å². The van der Waals surface area contributed by atoms with Crippen LogP contribution in [0.1, 0.15) is 22.5 Å². The van der Waals surface area contributed by atoms with Gasteiger partial charge in [-0.1, -0.05) is 78.0 Å². The van der Waals surface area contributed by atoms with Gasteiger partial charge in [0.1, 0.15) is 5.82 Å². The molecule has 1 aliphatic heterocycles. The van der Waals surface area contributed by atoms with Crippen molar-refractivity contribution in [3.05, 3.63) is 89.8 Å². The molecule has 0 radical (unpaired) electrons. The molecule has 0 saturated carbocycles. The molecular weight excluding hydrogens is 430 g/mol. The van der Waals surface area contributed by atoms with Crippen molar-refractivity contribution >= 4 is 17.7 Å². The molecule has 0 N–H and O–H groups in total. The molecule has 0 unspecified atom stereocenters. The molecule has 33 heavy (non-hydrogen) atoms. The number of piperazine rings is 1. The van der Waals surface area contributed by atoms with Crippen molar-refractivity contribution in [2.45, 2.75) is 31.6 Å². The first-order chi connectivity index (χ1) is 16.1. The van der Waals surface area contributed by atoms with E-state index in [1.54, 1.807) is 0 Å². The number of amides is 1. The molecule has 2 aromatic carbocycles. The average Bonchev–Trinajstić information content (AvgIpc) is 3.20. The topological polar surface area (TPSA) is 54.3 Å². The number of rotatable bonds is 9. The van der Waals surface area contributed by atoms with E-state index in [0.29, 0.717) is 18.7 Å². The highest BCUT2D eigenvalue weighted by atomic mass is 32.2. The van der Waals surface area contributed by atoms with E-state index in [1.807, 2.05) is 29.2 Å². The van der Waals surface area contributed by atoms with Gasteiger partial charge < -0.3 is 9.47 Å². The summed E-state index contributed by atoms with van der Waals surface area (Å²) in [6.07, 6.45) is 2.55. The van der Waals surface area contributed by atoms with E-state index in [9.17, 15) is 4.79 Å². The molecule has 1 fully saturated rings. The minimum absolute atomic E-state index is 0.160. The van der Waals surface area contributed by atoms with Crippen molar-refractivity contribution in [3.8, 4) is 0 Å². The Kier molecular flexibility index (Phi) is 7.96. The third-order valence-electron chi connectivity index (χ3n) is 5.85. The summed E-state index contributed by atoms with van der Waals surface area (Å²) in [4.78, 5) is 17.2. The quantitative estimate of drug-likeness (QED) is 0.358. The molecule has 0 aliphatic carbocycles. The molecule has 1 saturated heterocycles. The van der Waals surface area contributed by atoms with Crippen LogP contribution in [0.25, 0.3) is 0 Å². The second kappa shape index (κ2) is 11.3. The molecule has 7 heteroatoms. The van der Waals surface area contributed by atoms with Crippen LogP contribution >= 0.6 is 11.8 Å². The Labute approximate surface area is 200 Å². The number of hydrogen-bond donors (Lipinski definition) is 0. The summed E-state index contributed by atoms with van der Waals surface area (Å²) in [6.45, 7) is 10.9. The molecule has 4 rings (SSSR count). The highest BCUT2D eigenvalue weighted by Gasteiger charge is 2.22. The van der Waals surface area contributed by atoms with E-state index in [4.69, 9.17) is 0 Å². The van der Waals surface area contributed by atoms with E-state index in [2.05, 4.69) is 69.6 Å². The SMILES string of the molecule is C=CCn1c(Cc2ccccc2)nnc1SCC(=O)N1CCN(Cc2cccc(C)c2)CC1. The normalized spacial score (nSPS) is 14.4. The molecule has 3 aromatic rings. The van der Waals surface area contributed by atoms with Gasteiger partial charge in [0.25, 0.3) is 0 Å². The zero-order chi connectivity index (χ0) is 23.0. The molecular formula is C26H31N5OS. The van der Waals surface area contributed by atoms with Crippen LogP contribution in [0.3, 0.4) is 0 Å². The number of aromatic nitrogens is 3. The van der Waals surface area contributed by atoms with E-state index in [0.717, 1.165) is 43.7 Å². The number of carbonyl (C=O) groups excluding carboxylic acids is 1. The molecule has 2 heterocycles. The van der Waals surface area contributed by atoms with Crippen LogP contribution in [0.4, 0.5) is 0 Å². The Morgan fingerprint density at radius 2 is 1.79 bits per heavy atom. The number of nitrogens with zero attached hydrogens (tertiary/aromatic N) is 5. The van der Waals surface area contributed by atoms with Crippen molar-refractivity contribution in [1.29, 1.82) is 0 Å². The van der Waals surface area contributed by atoms with Crippen LogP contribution in [0.15, 0.2) is 72.4 Å². The van der Waals surface area contributed by atoms with Gasteiger partial charge in [-0.25, -0.2) is 0 Å². The van der Waals surface area contributed by atoms with Crippen molar-refractivity contribution in [2.24, 2.45) is 0 Å². The minimum atomic E-state index is 0.160. The van der Waals surface area contributed by atoms with Gasteiger partial charge >= 0.3 is 0 Å². The van der Waals surface area contributed by atoms with Gasteiger partial charge in [-0.05, 0) is 18.1 Å². The van der Waals surface area contributed by atoms with E-state index >= 15 is 0 Å². The summed E-state index contributed by atoms with van der Waals surface area (Å²) in [6, 6.07) is 18.9. The summed E-state index contributed by atoms with van der Waals surface area (Å²) in [7, 11) is 0. The Bertz CT molecular complexity index is 1070. The Balaban J connectivity index is 1.29. The summed E-state index contributed by atoms with van der Waals surface area (Å²) in [5.41, 5.74) is 3.80. The van der Waals surface area contributed by atoms with E-state index < -0.39 is 0 Å². The van der Waals surface area contributed by atoms with Gasteiger partial charge in [0.15, 0.2) is 5.16 Å². The lowest BCUT2D eigenvalue weighted by Crippen LogP contribution is -2.48. The molecule has 0 atom stereocenters. The van der Waals surface area contributed by atoms with E-state index in [1.165, 1.54) is 28.5 Å². The van der Waals surface area contributed by atoms with Crippen molar-refractivity contribution in [3.63, 3.8) is 0 Å². The number of allylic oxidation sites excluding steroid dienone is 1. The monoisotopic (exact) mass is 461 g/mol. The van der Waals surface area contributed by atoms with Gasteiger partial charge in [-0.3, -0.25) is 9.69 Å². The van der Waals surface area contributed by atoms with Crippen molar-refractivity contribution < 1.29 is 4.79 Å². The first kappa shape index (κ1) is 23.3. The lowest BCUT2D eigenvalue weighted by molar-refractivity contribution is -0.130. The fourth-order valence-electron chi connectivity index (χ4n) is 4.09. The fraction of sp³-hybridized carbons (Fsp3) is 0.346. The minimum Gasteiger partial charge on any atom is -0.339 e. The lowest BCUT2D eigenvalue weighted by atomic mass is 10.1. The number of hydrogen-bond acceptors (Lipinski definition) is 5. The molecule has 1 aliphatic rings. The Hall–Kier alpha value is -2.90. The number of aryl methyl sites for hydroxylation is 1. The van der Waals surface area contributed by atoms with Crippen LogP contribution in [-0.2, 0) is 24.3 Å². The second-order valence-corrected chi connectivity index (χ2v) is 9.34. The maximum atomic E-state index is 12.9. The van der Waals surface area contributed by atoms with Crippen LogP contribution in [0.2, 0.25) is 0 Å². The molecule has 0 bridgehead atoms. The smallest absolute Gasteiger partial charge is 0.233 e. The lowest BCUT2D eigenvalue weighted by Gasteiger charge is -2.34. The summed E-state index contributed by atoms with van der Waals surface area (Å²) in [5.74, 6) is 1.42. The molecule has 6 nitrogen and oxygen atoms in total. The third kappa shape index (κ3) is 6.33. The third-order valence-corrected chi connectivity index (χ3v) is 6.80. The molecule has 0 spiro atoms. The predicted octanol–water partition coefficient (Wildman–Crippen LogP) is 3.80. The maximum Gasteiger partial charge on any atom is 0.233 e. The number of thioether (sulfide) groups is 1. The zero-order valence-electron chi connectivity index (χ0n) is 19.2. The van der Waals surface area contributed by atoms with Gasteiger partial charge in [0, 0.05) is 45.7 Å². The van der Waals surface area contributed by atoms with Crippen LogP contribution in [0, 0.1) is 6.92 Å². The van der Waals surface area contributed by atoms with Crippen molar-refractivity contribution in [1.82, 2.24) is 24.6 Å². The first-order valence-electron chi connectivity index (χ1n) is 11.4. The molecule has 172 valence electrons. The number of benzene rings is 2. The standard InChI is InChI=1S/C26H31N5OS/c1-3-12-31-24(18-22-9-5-4-6-10-22)27-28-26(31)33-20-25(32)30-15-13-29(14-16-30)19-23-11-7-8-21(2)17-23/h3-11,17H,1,12-16,18-20H2,2H3. The molecule has 1 aromatic heterocycles. The summed E-state index contributed by atoms with van der Waals surface area (Å²) in [5, 5.41) is 9.52. The largest absolute Gasteiger partial charge is 0.339 e. The van der Waals surface area contributed by atoms with Gasteiger partial charge in [0.2, 0.25) is 5.91 Å². The fourth-order valence-corrected chi connectivity index (χ4v) is 4.96. The second-order valence-electron chi connectivity index (χ2n) is 8.40. The van der Waals surface area contributed by atoms with Gasteiger partial charge in [0.05, 0.1) is 5.75 Å². The van der Waals surface area contributed by atoms with Crippen LogP contribution < -0.4 is 0 Å². The molecule has 1 amide bonds. The zero-order valence-corrected chi connectivity index (χ0v) is 20.0. The summed E-state index contributed by atoms with van der Waals surface area (Å²) >= 11 is 1.46. The average molecular weight is 462 g/mol. The van der Waals surface area contributed by atoms with Gasteiger partial charge in [-0.2, -0.15) is 0 Å². The Morgan fingerprint density at radius 3 is 2.52 bits per heavy atom. The van der Waals surface area contributed by atoms with Crippen molar-refractivity contribution in [2.75, 3.05) is 31.9 Å². The van der Waals surface area contributed by atoms with Gasteiger partial charge in [-0.15, -0.1) is 16.8 Å².